The summed E-state index contributed by atoms with van der Waals surface area (Å²) in [5, 5.41) is 12.1. The van der Waals surface area contributed by atoms with E-state index < -0.39 is 11.9 Å². The van der Waals surface area contributed by atoms with Crippen molar-refractivity contribution in [2.24, 2.45) is 5.73 Å². The summed E-state index contributed by atoms with van der Waals surface area (Å²) in [6, 6.07) is 9.55. The van der Waals surface area contributed by atoms with Crippen LogP contribution < -0.4 is 11.1 Å². The Hall–Kier alpha value is -2.89. The van der Waals surface area contributed by atoms with Crippen LogP contribution in [0.4, 0.5) is 11.5 Å². The fraction of sp³-hybridized carbons (Fsp3) is 0.133. The van der Waals surface area contributed by atoms with Gasteiger partial charge >= 0.3 is 5.97 Å². The molecule has 21 heavy (non-hydrogen) atoms. The van der Waals surface area contributed by atoms with Crippen LogP contribution in [0.2, 0.25) is 0 Å². The zero-order valence-corrected chi connectivity index (χ0v) is 11.5. The molecule has 0 aliphatic carbocycles. The first kappa shape index (κ1) is 14.5. The summed E-state index contributed by atoms with van der Waals surface area (Å²) in [5.41, 5.74) is 7.13. The topological polar surface area (TPSA) is 105 Å². The molecule has 1 heterocycles. The first-order chi connectivity index (χ1) is 9.99. The number of pyridine rings is 1. The smallest absolute Gasteiger partial charge is 0.335 e. The second-order valence-corrected chi connectivity index (χ2v) is 4.46. The molecule has 0 unspecified atom stereocenters. The van der Waals surface area contributed by atoms with Crippen LogP contribution in [0.3, 0.4) is 0 Å². The Morgan fingerprint density at radius 2 is 1.86 bits per heavy atom. The molecule has 0 saturated heterocycles. The molecule has 2 rings (SSSR count). The summed E-state index contributed by atoms with van der Waals surface area (Å²) in [7, 11) is 0. The minimum Gasteiger partial charge on any atom is -0.478 e. The molecule has 1 aromatic heterocycles. The maximum atomic E-state index is 11.1. The number of carboxylic acid groups (broad SMARTS) is 1. The van der Waals surface area contributed by atoms with E-state index in [1.807, 2.05) is 6.92 Å². The fourth-order valence-corrected chi connectivity index (χ4v) is 1.82. The predicted octanol–water partition coefficient (Wildman–Crippen LogP) is 2.18. The van der Waals surface area contributed by atoms with Crippen molar-refractivity contribution in [1.29, 1.82) is 0 Å². The van der Waals surface area contributed by atoms with E-state index in [-0.39, 0.29) is 5.56 Å². The Balaban J connectivity index is 2.28. The Kier molecular flexibility index (Phi) is 4.18. The molecule has 6 heteroatoms. The summed E-state index contributed by atoms with van der Waals surface area (Å²) in [6.45, 7) is 1.90. The zero-order chi connectivity index (χ0) is 15.4. The SMILES string of the molecule is CCc1cc(C(=O)O)cc(Nc2ccc(C(N)=O)cc2)n1. The normalized spacial score (nSPS) is 10.1. The van der Waals surface area contributed by atoms with E-state index in [4.69, 9.17) is 10.8 Å². The number of nitrogens with one attached hydrogen (secondary N) is 1. The van der Waals surface area contributed by atoms with Gasteiger partial charge in [-0.25, -0.2) is 9.78 Å². The molecule has 1 aromatic carbocycles. The number of amides is 1. The molecule has 1 amide bonds. The highest BCUT2D eigenvalue weighted by Gasteiger charge is 2.08. The quantitative estimate of drug-likeness (QED) is 0.780. The van der Waals surface area contributed by atoms with Gasteiger partial charge in [-0.1, -0.05) is 6.92 Å². The standard InChI is InChI=1S/C15H15N3O3/c1-2-11-7-10(15(20)21)8-13(17-11)18-12-5-3-9(4-6-12)14(16)19/h3-8H,2H2,1H3,(H2,16,19)(H,17,18)(H,20,21). The number of aromatic nitrogens is 1. The van der Waals surface area contributed by atoms with Gasteiger partial charge in [-0.05, 0) is 42.8 Å². The Morgan fingerprint density at radius 3 is 2.38 bits per heavy atom. The molecule has 0 aliphatic heterocycles. The van der Waals surface area contributed by atoms with Crippen molar-refractivity contribution in [3.8, 4) is 0 Å². The number of carbonyl (C=O) groups excluding carboxylic acids is 1. The molecule has 0 spiro atoms. The highest BCUT2D eigenvalue weighted by atomic mass is 16.4. The monoisotopic (exact) mass is 285 g/mol. The number of nitrogens with two attached hydrogens (primary N) is 1. The lowest BCUT2D eigenvalue weighted by Gasteiger charge is -2.09. The largest absolute Gasteiger partial charge is 0.478 e. The van der Waals surface area contributed by atoms with Gasteiger partial charge in [0, 0.05) is 16.9 Å². The molecule has 0 saturated carbocycles. The maximum Gasteiger partial charge on any atom is 0.335 e. The van der Waals surface area contributed by atoms with Crippen LogP contribution in [0.1, 0.15) is 33.3 Å². The number of aryl methyl sites for hydroxylation is 1. The van der Waals surface area contributed by atoms with Crippen LogP contribution >= 0.6 is 0 Å². The van der Waals surface area contributed by atoms with E-state index in [0.717, 1.165) is 0 Å². The number of anilines is 2. The third-order valence-corrected chi connectivity index (χ3v) is 2.93. The van der Waals surface area contributed by atoms with E-state index in [2.05, 4.69) is 10.3 Å². The molecule has 108 valence electrons. The van der Waals surface area contributed by atoms with Crippen LogP contribution in [0.25, 0.3) is 0 Å². The van der Waals surface area contributed by atoms with Crippen molar-refractivity contribution in [2.45, 2.75) is 13.3 Å². The minimum atomic E-state index is -1.00. The second-order valence-electron chi connectivity index (χ2n) is 4.46. The van der Waals surface area contributed by atoms with Crippen LogP contribution in [-0.4, -0.2) is 22.0 Å². The van der Waals surface area contributed by atoms with Crippen LogP contribution in [-0.2, 0) is 6.42 Å². The van der Waals surface area contributed by atoms with Crippen molar-refractivity contribution < 1.29 is 14.7 Å². The maximum absolute atomic E-state index is 11.1. The first-order valence-electron chi connectivity index (χ1n) is 6.40. The van der Waals surface area contributed by atoms with Crippen molar-refractivity contribution in [2.75, 3.05) is 5.32 Å². The number of aromatic carboxylic acids is 1. The summed E-state index contributed by atoms with van der Waals surface area (Å²) in [6.07, 6.45) is 0.635. The minimum absolute atomic E-state index is 0.179. The third kappa shape index (κ3) is 3.56. The molecule has 4 N–H and O–H groups in total. The third-order valence-electron chi connectivity index (χ3n) is 2.93. The fourth-order valence-electron chi connectivity index (χ4n) is 1.82. The van der Waals surface area contributed by atoms with Gasteiger partial charge in [0.15, 0.2) is 0 Å². The lowest BCUT2D eigenvalue weighted by molar-refractivity contribution is 0.0696. The molecule has 6 nitrogen and oxygen atoms in total. The number of primary amides is 1. The van der Waals surface area contributed by atoms with Crippen molar-refractivity contribution >= 4 is 23.4 Å². The molecule has 0 atom stereocenters. The zero-order valence-electron chi connectivity index (χ0n) is 11.5. The number of nitrogens with zero attached hydrogens (tertiary/aromatic N) is 1. The summed E-state index contributed by atoms with van der Waals surface area (Å²) in [5.74, 6) is -1.06. The number of rotatable bonds is 5. The lowest BCUT2D eigenvalue weighted by Crippen LogP contribution is -2.10. The van der Waals surface area contributed by atoms with E-state index in [1.165, 1.54) is 6.07 Å². The van der Waals surface area contributed by atoms with E-state index >= 15 is 0 Å². The average Bonchev–Trinajstić information content (AvgIpc) is 2.47. The van der Waals surface area contributed by atoms with Crippen molar-refractivity contribution in [1.82, 2.24) is 4.98 Å². The number of benzene rings is 1. The first-order valence-corrected chi connectivity index (χ1v) is 6.40. The summed E-state index contributed by atoms with van der Waals surface area (Å²) >= 11 is 0. The van der Waals surface area contributed by atoms with E-state index in [1.54, 1.807) is 30.3 Å². The van der Waals surface area contributed by atoms with Crippen molar-refractivity contribution in [3.63, 3.8) is 0 Å². The van der Waals surface area contributed by atoms with Gasteiger partial charge in [0.25, 0.3) is 0 Å². The second kappa shape index (κ2) is 6.04. The van der Waals surface area contributed by atoms with E-state index in [9.17, 15) is 9.59 Å². The van der Waals surface area contributed by atoms with Gasteiger partial charge in [0.05, 0.1) is 5.56 Å². The van der Waals surface area contributed by atoms with E-state index in [0.29, 0.717) is 29.2 Å². The number of hydrogen-bond donors (Lipinski definition) is 3. The highest BCUT2D eigenvalue weighted by Crippen LogP contribution is 2.18. The van der Waals surface area contributed by atoms with Gasteiger partial charge < -0.3 is 16.2 Å². The van der Waals surface area contributed by atoms with Gasteiger partial charge in [0.2, 0.25) is 5.91 Å². The number of hydrogen-bond acceptors (Lipinski definition) is 4. The molecule has 0 aliphatic rings. The Bertz CT molecular complexity index is 681. The van der Waals surface area contributed by atoms with Crippen molar-refractivity contribution in [3.05, 3.63) is 53.2 Å². The van der Waals surface area contributed by atoms with Crippen LogP contribution in [0, 0.1) is 0 Å². The Labute approximate surface area is 121 Å². The van der Waals surface area contributed by atoms with Gasteiger partial charge in [0.1, 0.15) is 5.82 Å². The molecule has 0 bridgehead atoms. The molecule has 2 aromatic rings. The molecular weight excluding hydrogens is 270 g/mol. The van der Waals surface area contributed by atoms with Gasteiger partial charge in [-0.3, -0.25) is 4.79 Å². The molecule has 0 radical (unpaired) electrons. The number of carbonyl (C=O) groups is 2. The van der Waals surface area contributed by atoms with Gasteiger partial charge in [-0.15, -0.1) is 0 Å². The van der Waals surface area contributed by atoms with Crippen LogP contribution in [0.5, 0.6) is 0 Å². The lowest BCUT2D eigenvalue weighted by atomic mass is 10.2. The molecule has 0 fully saturated rings. The molecular formula is C15H15N3O3. The van der Waals surface area contributed by atoms with Gasteiger partial charge in [-0.2, -0.15) is 0 Å². The predicted molar refractivity (Wildman–Crippen MR) is 78.8 cm³/mol. The number of carboxylic acids is 1. The summed E-state index contributed by atoms with van der Waals surface area (Å²) < 4.78 is 0. The Morgan fingerprint density at radius 1 is 1.19 bits per heavy atom. The average molecular weight is 285 g/mol. The summed E-state index contributed by atoms with van der Waals surface area (Å²) in [4.78, 5) is 26.4. The highest BCUT2D eigenvalue weighted by molar-refractivity contribution is 5.93. The van der Waals surface area contributed by atoms with Crippen LogP contribution in [0.15, 0.2) is 36.4 Å².